The first kappa shape index (κ1) is 16.0. The number of thiophene rings is 1. The molecule has 0 bridgehead atoms. The molecule has 114 valence electrons. The molecule has 5 nitrogen and oxygen atoms in total. The van der Waals surface area contributed by atoms with Crippen LogP contribution in [0, 0.1) is 13.8 Å². The summed E-state index contributed by atoms with van der Waals surface area (Å²) in [6, 6.07) is 0. The molecule has 0 spiro atoms. The van der Waals surface area contributed by atoms with Crippen molar-refractivity contribution in [2.45, 2.75) is 31.8 Å². The highest BCUT2D eigenvalue weighted by molar-refractivity contribution is 7.99. The topological polar surface area (TPSA) is 66.1 Å². The summed E-state index contributed by atoms with van der Waals surface area (Å²) in [7, 11) is 3.48. The molecule has 0 aliphatic rings. The number of nitrogens with zero attached hydrogens (tertiary/aromatic N) is 2. The Hall–Kier alpha value is -1.34. The summed E-state index contributed by atoms with van der Waals surface area (Å²) in [4.78, 5) is 34.7. The minimum atomic E-state index is -0.159. The van der Waals surface area contributed by atoms with E-state index >= 15 is 0 Å². The lowest BCUT2D eigenvalue weighted by Gasteiger charge is -2.15. The summed E-state index contributed by atoms with van der Waals surface area (Å²) in [6.07, 6.45) is 0. The maximum Gasteiger partial charge on any atom is 0.259 e. The van der Waals surface area contributed by atoms with Crippen LogP contribution in [-0.4, -0.2) is 40.1 Å². The molecule has 1 atom stereocenters. The van der Waals surface area contributed by atoms with Gasteiger partial charge >= 0.3 is 0 Å². The van der Waals surface area contributed by atoms with Gasteiger partial charge in [0.25, 0.3) is 5.56 Å². The summed E-state index contributed by atoms with van der Waals surface area (Å²) in [5.74, 6) is 1.20. The second kappa shape index (κ2) is 6.19. The molecule has 1 amide bonds. The summed E-state index contributed by atoms with van der Waals surface area (Å²) >= 11 is 3.01. The predicted molar refractivity (Wildman–Crippen MR) is 89.2 cm³/mol. The lowest BCUT2D eigenvalue weighted by atomic mass is 10.2. The van der Waals surface area contributed by atoms with E-state index in [0.29, 0.717) is 17.0 Å². The number of H-pyrrole nitrogens is 1. The van der Waals surface area contributed by atoms with Crippen LogP contribution in [0.2, 0.25) is 0 Å². The van der Waals surface area contributed by atoms with Gasteiger partial charge in [-0.15, -0.1) is 23.1 Å². The van der Waals surface area contributed by atoms with Gasteiger partial charge in [0.1, 0.15) is 10.7 Å². The first-order chi connectivity index (χ1) is 9.81. The molecular formula is C14H19N3O2S2. The van der Waals surface area contributed by atoms with Crippen molar-refractivity contribution in [1.29, 1.82) is 0 Å². The third-order valence-electron chi connectivity index (χ3n) is 3.35. The van der Waals surface area contributed by atoms with Crippen LogP contribution in [0.25, 0.3) is 10.2 Å². The van der Waals surface area contributed by atoms with Gasteiger partial charge in [-0.1, -0.05) is 0 Å². The molecule has 0 saturated carbocycles. The molecule has 0 radical (unpaired) electrons. The molecule has 7 heteroatoms. The number of nitrogens with one attached hydrogen (secondary N) is 1. The quantitative estimate of drug-likeness (QED) is 0.937. The number of hydrogen-bond acceptors (Lipinski definition) is 5. The van der Waals surface area contributed by atoms with Gasteiger partial charge in [0, 0.05) is 19.0 Å². The van der Waals surface area contributed by atoms with Crippen LogP contribution in [0.3, 0.4) is 0 Å². The van der Waals surface area contributed by atoms with E-state index in [1.807, 2.05) is 20.8 Å². The summed E-state index contributed by atoms with van der Waals surface area (Å²) in [5, 5.41) is 0.525. The molecule has 0 aliphatic carbocycles. The van der Waals surface area contributed by atoms with E-state index in [1.54, 1.807) is 19.0 Å². The fraction of sp³-hybridized carbons (Fsp3) is 0.500. The zero-order valence-electron chi connectivity index (χ0n) is 12.8. The minimum absolute atomic E-state index is 0.0613. The van der Waals surface area contributed by atoms with E-state index in [1.165, 1.54) is 23.1 Å². The van der Waals surface area contributed by atoms with Crippen LogP contribution in [0.5, 0.6) is 0 Å². The molecule has 2 rings (SSSR count). The first-order valence-electron chi connectivity index (χ1n) is 6.63. The summed E-state index contributed by atoms with van der Waals surface area (Å²) in [6.45, 7) is 5.80. The Morgan fingerprint density at radius 1 is 1.43 bits per heavy atom. The van der Waals surface area contributed by atoms with Gasteiger partial charge in [-0.3, -0.25) is 9.59 Å². The molecule has 0 fully saturated rings. The Balaban J connectivity index is 2.21. The number of rotatable bonds is 4. The fourth-order valence-corrected chi connectivity index (χ4v) is 3.95. The molecule has 2 heterocycles. The molecule has 1 N–H and O–H groups in total. The Kier molecular flexibility index (Phi) is 4.73. The monoisotopic (exact) mass is 325 g/mol. The fourth-order valence-electron chi connectivity index (χ4n) is 2.01. The Morgan fingerprint density at radius 3 is 2.71 bits per heavy atom. The van der Waals surface area contributed by atoms with Crippen molar-refractivity contribution >= 4 is 39.2 Å². The Morgan fingerprint density at radius 2 is 2.10 bits per heavy atom. The number of aromatic nitrogens is 2. The van der Waals surface area contributed by atoms with Crippen molar-refractivity contribution in [3.63, 3.8) is 0 Å². The number of aromatic amines is 1. The number of hydrogen-bond donors (Lipinski definition) is 1. The smallest absolute Gasteiger partial charge is 0.259 e. The lowest BCUT2D eigenvalue weighted by molar-refractivity contribution is -0.127. The zero-order chi connectivity index (χ0) is 15.7. The van der Waals surface area contributed by atoms with Crippen molar-refractivity contribution in [3.8, 4) is 0 Å². The zero-order valence-corrected chi connectivity index (χ0v) is 14.4. The van der Waals surface area contributed by atoms with Gasteiger partial charge in [0.2, 0.25) is 5.91 Å². The third-order valence-corrected chi connectivity index (χ3v) is 5.59. The highest BCUT2D eigenvalue weighted by Crippen LogP contribution is 2.26. The van der Waals surface area contributed by atoms with Crippen LogP contribution in [0.4, 0.5) is 0 Å². The Labute approximate surface area is 131 Å². The molecule has 0 saturated heterocycles. The van der Waals surface area contributed by atoms with E-state index in [4.69, 9.17) is 0 Å². The van der Waals surface area contributed by atoms with Crippen molar-refractivity contribution in [1.82, 2.24) is 14.9 Å². The first-order valence-corrected chi connectivity index (χ1v) is 8.49. The molecule has 0 aromatic carbocycles. The Bertz CT molecular complexity index is 734. The van der Waals surface area contributed by atoms with Gasteiger partial charge in [-0.25, -0.2) is 4.98 Å². The van der Waals surface area contributed by atoms with Gasteiger partial charge in [0.15, 0.2) is 0 Å². The number of thioether (sulfide) groups is 1. The molecule has 0 unspecified atom stereocenters. The van der Waals surface area contributed by atoms with Gasteiger partial charge in [-0.2, -0.15) is 0 Å². The van der Waals surface area contributed by atoms with Gasteiger partial charge in [-0.05, 0) is 26.3 Å². The van der Waals surface area contributed by atoms with E-state index in [0.717, 1.165) is 15.3 Å². The summed E-state index contributed by atoms with van der Waals surface area (Å²) < 4.78 is 0. The molecule has 2 aromatic rings. The largest absolute Gasteiger partial charge is 0.348 e. The van der Waals surface area contributed by atoms with E-state index in [-0.39, 0.29) is 16.7 Å². The standard InChI is InChI=1S/C14H19N3O2S2/c1-7-8(2)21-13-11(7)12(18)15-10(16-13)6-20-9(3)14(19)17(4)5/h9H,6H2,1-5H3,(H,15,16,18)/t9-/m0/s1. The molecular weight excluding hydrogens is 306 g/mol. The number of carbonyl (C=O) groups is 1. The van der Waals surface area contributed by atoms with Crippen LogP contribution >= 0.6 is 23.1 Å². The molecule has 2 aromatic heterocycles. The number of fused-ring (bicyclic) bond motifs is 1. The van der Waals surface area contributed by atoms with Crippen LogP contribution < -0.4 is 5.56 Å². The average molecular weight is 325 g/mol. The highest BCUT2D eigenvalue weighted by Gasteiger charge is 2.17. The third kappa shape index (κ3) is 3.29. The predicted octanol–water partition coefficient (Wildman–Crippen LogP) is 2.31. The van der Waals surface area contributed by atoms with Crippen LogP contribution in [0.15, 0.2) is 4.79 Å². The number of amides is 1. The van der Waals surface area contributed by atoms with Crippen LogP contribution in [0.1, 0.15) is 23.2 Å². The van der Waals surface area contributed by atoms with E-state index in [2.05, 4.69) is 9.97 Å². The van der Waals surface area contributed by atoms with Crippen LogP contribution in [-0.2, 0) is 10.5 Å². The maximum atomic E-state index is 12.1. The SMILES string of the molecule is Cc1sc2nc(CS[C@@H](C)C(=O)N(C)C)[nH]c(=O)c2c1C. The second-order valence-corrected chi connectivity index (χ2v) is 7.69. The second-order valence-electron chi connectivity index (χ2n) is 5.16. The van der Waals surface area contributed by atoms with Gasteiger partial charge < -0.3 is 9.88 Å². The van der Waals surface area contributed by atoms with E-state index < -0.39 is 0 Å². The van der Waals surface area contributed by atoms with Crippen molar-refractivity contribution in [3.05, 3.63) is 26.6 Å². The molecule has 0 aliphatic heterocycles. The maximum absolute atomic E-state index is 12.1. The lowest BCUT2D eigenvalue weighted by Crippen LogP contribution is -2.29. The van der Waals surface area contributed by atoms with E-state index in [9.17, 15) is 9.59 Å². The molecule has 21 heavy (non-hydrogen) atoms. The highest BCUT2D eigenvalue weighted by atomic mass is 32.2. The minimum Gasteiger partial charge on any atom is -0.348 e. The summed E-state index contributed by atoms with van der Waals surface area (Å²) in [5.41, 5.74) is 0.906. The van der Waals surface area contributed by atoms with Gasteiger partial charge in [0.05, 0.1) is 16.4 Å². The number of aryl methyl sites for hydroxylation is 2. The number of carbonyl (C=O) groups excluding carboxylic acids is 1. The van der Waals surface area contributed by atoms with Crippen molar-refractivity contribution in [2.24, 2.45) is 0 Å². The average Bonchev–Trinajstić information content (AvgIpc) is 2.70. The van der Waals surface area contributed by atoms with Crippen molar-refractivity contribution in [2.75, 3.05) is 14.1 Å². The van der Waals surface area contributed by atoms with Crippen molar-refractivity contribution < 1.29 is 4.79 Å². The normalized spacial score (nSPS) is 12.6.